The summed E-state index contributed by atoms with van der Waals surface area (Å²) in [5.74, 6) is 0.624. The maximum Gasteiger partial charge on any atom is 0.274 e. The van der Waals surface area contributed by atoms with Crippen LogP contribution in [0.3, 0.4) is 0 Å². The lowest BCUT2D eigenvalue weighted by Gasteiger charge is -2.30. The van der Waals surface area contributed by atoms with E-state index < -0.39 is 0 Å². The minimum Gasteiger partial charge on any atom is -0.321 e. The Bertz CT molecular complexity index is 960. The van der Waals surface area contributed by atoms with Crippen molar-refractivity contribution in [1.29, 1.82) is 0 Å². The van der Waals surface area contributed by atoms with Gasteiger partial charge in [-0.2, -0.15) is 0 Å². The summed E-state index contributed by atoms with van der Waals surface area (Å²) in [6.07, 6.45) is 6.07. The molecule has 1 saturated heterocycles. The zero-order valence-electron chi connectivity index (χ0n) is 15.4. The first-order valence-electron chi connectivity index (χ1n) is 9.34. The summed E-state index contributed by atoms with van der Waals surface area (Å²) < 4.78 is 1.82. The van der Waals surface area contributed by atoms with Crippen molar-refractivity contribution in [3.8, 4) is 0 Å². The molecule has 0 spiro atoms. The molecule has 1 N–H and O–H groups in total. The van der Waals surface area contributed by atoms with Crippen molar-refractivity contribution in [3.63, 3.8) is 0 Å². The van der Waals surface area contributed by atoms with Gasteiger partial charge in [0.2, 0.25) is 0 Å². The van der Waals surface area contributed by atoms with Crippen molar-refractivity contribution in [3.05, 3.63) is 65.1 Å². The Labute approximate surface area is 164 Å². The highest BCUT2D eigenvalue weighted by molar-refractivity contribution is 6.30. The molecule has 0 radical (unpaired) electrons. The average molecular weight is 383 g/mol. The van der Waals surface area contributed by atoms with Gasteiger partial charge in [-0.25, -0.2) is 4.98 Å². The predicted molar refractivity (Wildman–Crippen MR) is 108 cm³/mol. The van der Waals surface area contributed by atoms with Crippen LogP contribution in [0.2, 0.25) is 5.02 Å². The fraction of sp³-hybridized carbons (Fsp3) is 0.333. The van der Waals surface area contributed by atoms with Gasteiger partial charge in [0.05, 0.1) is 6.20 Å². The molecule has 0 bridgehead atoms. The number of hydrogen-bond acceptors (Lipinski definition) is 3. The number of halogens is 1. The van der Waals surface area contributed by atoms with E-state index in [1.54, 1.807) is 24.4 Å². The molecule has 2 aromatic heterocycles. The first kappa shape index (κ1) is 18.0. The van der Waals surface area contributed by atoms with Crippen LogP contribution in [0.5, 0.6) is 0 Å². The number of nitrogens with one attached hydrogen (secondary N) is 1. The molecule has 3 aromatic rings. The molecular formula is C21H23ClN4O. The molecule has 3 heterocycles. The van der Waals surface area contributed by atoms with Gasteiger partial charge in [-0.3, -0.25) is 14.1 Å². The number of imidazole rings is 1. The zero-order valence-corrected chi connectivity index (χ0v) is 16.1. The molecule has 4 rings (SSSR count). The number of carbonyl (C=O) groups is 1. The monoisotopic (exact) mass is 382 g/mol. The third-order valence-corrected chi connectivity index (χ3v) is 5.41. The third-order valence-electron chi connectivity index (χ3n) is 5.18. The van der Waals surface area contributed by atoms with Gasteiger partial charge in [-0.05, 0) is 67.7 Å². The topological polar surface area (TPSA) is 49.6 Å². The fourth-order valence-corrected chi connectivity index (χ4v) is 3.72. The highest BCUT2D eigenvalue weighted by atomic mass is 35.5. The molecule has 1 fully saturated rings. The van der Waals surface area contributed by atoms with Gasteiger partial charge in [0.15, 0.2) is 0 Å². The van der Waals surface area contributed by atoms with Crippen LogP contribution < -0.4 is 5.32 Å². The molecule has 27 heavy (non-hydrogen) atoms. The Balaban J connectivity index is 1.49. The summed E-state index contributed by atoms with van der Waals surface area (Å²) in [5.41, 5.74) is 3.18. The number of aromatic nitrogens is 2. The lowest BCUT2D eigenvalue weighted by atomic mass is 9.99. The van der Waals surface area contributed by atoms with E-state index in [9.17, 15) is 4.79 Å². The normalized spacial score (nSPS) is 15.9. The molecule has 5 nitrogen and oxygen atoms in total. The van der Waals surface area contributed by atoms with Gasteiger partial charge in [0.1, 0.15) is 11.3 Å². The van der Waals surface area contributed by atoms with Crippen LogP contribution in [0.15, 0.2) is 48.8 Å². The van der Waals surface area contributed by atoms with Crippen molar-refractivity contribution in [2.75, 3.05) is 18.4 Å². The number of pyridine rings is 1. The van der Waals surface area contributed by atoms with Crippen LogP contribution in [-0.2, 0) is 6.54 Å². The van der Waals surface area contributed by atoms with Crippen LogP contribution in [0.4, 0.5) is 5.69 Å². The van der Waals surface area contributed by atoms with Crippen molar-refractivity contribution >= 4 is 28.8 Å². The van der Waals surface area contributed by atoms with E-state index in [0.29, 0.717) is 16.4 Å². The summed E-state index contributed by atoms with van der Waals surface area (Å²) in [6, 6.07) is 11.2. The largest absolute Gasteiger partial charge is 0.321 e. The lowest BCUT2D eigenvalue weighted by Crippen LogP contribution is -2.32. The molecule has 0 atom stereocenters. The molecule has 0 aliphatic carbocycles. The van der Waals surface area contributed by atoms with Crippen molar-refractivity contribution < 1.29 is 4.79 Å². The van der Waals surface area contributed by atoms with Crippen LogP contribution in [0.1, 0.15) is 35.8 Å². The van der Waals surface area contributed by atoms with Crippen molar-refractivity contribution in [2.24, 2.45) is 5.92 Å². The summed E-state index contributed by atoms with van der Waals surface area (Å²) in [6.45, 7) is 5.55. The van der Waals surface area contributed by atoms with Gasteiger partial charge in [-0.1, -0.05) is 24.6 Å². The summed E-state index contributed by atoms with van der Waals surface area (Å²) in [7, 11) is 0. The first-order chi connectivity index (χ1) is 13.1. The Hall–Kier alpha value is -2.37. The fourth-order valence-electron chi connectivity index (χ4n) is 3.53. The number of piperidine rings is 1. The maximum absolute atomic E-state index is 12.6. The number of rotatable bonds is 4. The van der Waals surface area contributed by atoms with Gasteiger partial charge >= 0.3 is 0 Å². The van der Waals surface area contributed by atoms with Crippen LogP contribution >= 0.6 is 11.6 Å². The zero-order chi connectivity index (χ0) is 18.8. The highest BCUT2D eigenvalue weighted by Gasteiger charge is 2.17. The van der Waals surface area contributed by atoms with E-state index in [4.69, 9.17) is 11.6 Å². The number of benzene rings is 1. The predicted octanol–water partition coefficient (Wildman–Crippen LogP) is 4.47. The first-order valence-corrected chi connectivity index (χ1v) is 9.71. The van der Waals surface area contributed by atoms with E-state index in [-0.39, 0.29) is 5.91 Å². The Kier molecular flexibility index (Phi) is 5.14. The van der Waals surface area contributed by atoms with E-state index >= 15 is 0 Å². The second-order valence-corrected chi connectivity index (χ2v) is 7.77. The average Bonchev–Trinajstić information content (AvgIpc) is 3.07. The molecule has 6 heteroatoms. The SMILES string of the molecule is CC1CCN(Cc2ccn3c(C(=O)Nc4cccc(Cl)c4)cnc3c2)CC1. The number of likely N-dealkylation sites (tertiary alicyclic amines) is 1. The van der Waals surface area contributed by atoms with E-state index in [1.165, 1.54) is 18.4 Å². The van der Waals surface area contributed by atoms with Crippen LogP contribution in [0, 0.1) is 5.92 Å². The molecule has 0 saturated carbocycles. The van der Waals surface area contributed by atoms with Gasteiger partial charge in [0.25, 0.3) is 5.91 Å². The number of amides is 1. The second kappa shape index (κ2) is 7.71. The van der Waals surface area contributed by atoms with Crippen LogP contribution in [-0.4, -0.2) is 33.3 Å². The van der Waals surface area contributed by atoms with Crippen molar-refractivity contribution in [1.82, 2.24) is 14.3 Å². The third kappa shape index (κ3) is 4.15. The number of carbonyl (C=O) groups excluding carboxylic acids is 1. The number of fused-ring (bicyclic) bond motifs is 1. The number of anilines is 1. The Morgan fingerprint density at radius 3 is 2.85 bits per heavy atom. The van der Waals surface area contributed by atoms with E-state index in [2.05, 4.69) is 34.3 Å². The quantitative estimate of drug-likeness (QED) is 0.724. The second-order valence-electron chi connectivity index (χ2n) is 7.33. The molecular weight excluding hydrogens is 360 g/mol. The Morgan fingerprint density at radius 2 is 2.07 bits per heavy atom. The van der Waals surface area contributed by atoms with Gasteiger partial charge in [-0.15, -0.1) is 0 Å². The maximum atomic E-state index is 12.6. The highest BCUT2D eigenvalue weighted by Crippen LogP contribution is 2.20. The summed E-state index contributed by atoms with van der Waals surface area (Å²) in [4.78, 5) is 19.5. The van der Waals surface area contributed by atoms with Crippen molar-refractivity contribution in [2.45, 2.75) is 26.3 Å². The molecule has 1 aliphatic rings. The molecule has 1 aliphatic heterocycles. The van der Waals surface area contributed by atoms with Gasteiger partial charge in [0, 0.05) is 23.5 Å². The minimum atomic E-state index is -0.206. The number of hydrogen-bond donors (Lipinski definition) is 1. The summed E-state index contributed by atoms with van der Waals surface area (Å²) >= 11 is 5.98. The van der Waals surface area contributed by atoms with E-state index in [0.717, 1.165) is 31.2 Å². The minimum absolute atomic E-state index is 0.206. The number of nitrogens with zero attached hydrogens (tertiary/aromatic N) is 3. The molecule has 1 amide bonds. The standard InChI is InChI=1S/C21H23ClN4O/c1-15-5-8-25(9-6-15)14-16-7-10-26-19(13-23-20(26)11-16)21(27)24-18-4-2-3-17(22)12-18/h2-4,7,10-13,15H,5-6,8-9,14H2,1H3,(H,24,27). The Morgan fingerprint density at radius 1 is 1.26 bits per heavy atom. The van der Waals surface area contributed by atoms with Crippen LogP contribution in [0.25, 0.3) is 5.65 Å². The molecule has 140 valence electrons. The van der Waals surface area contributed by atoms with E-state index in [1.807, 2.05) is 16.7 Å². The summed E-state index contributed by atoms with van der Waals surface area (Å²) in [5, 5.41) is 3.46. The molecule has 1 aromatic carbocycles. The molecule has 0 unspecified atom stereocenters. The van der Waals surface area contributed by atoms with Gasteiger partial charge < -0.3 is 5.32 Å². The lowest BCUT2D eigenvalue weighted by molar-refractivity contribution is 0.102. The smallest absolute Gasteiger partial charge is 0.274 e.